The number of aliphatic hydroxyl groups excluding tert-OH is 2. The number of hydrogen-bond acceptors (Lipinski definition) is 4. The average molecular weight is 349 g/mol. The van der Waals surface area contributed by atoms with Gasteiger partial charge in [-0.2, -0.15) is 0 Å². The molecule has 0 aliphatic rings. The second kappa shape index (κ2) is 8.13. The molecule has 0 aliphatic carbocycles. The number of aliphatic hydroxyl groups is 2. The number of benzene rings is 1. The lowest BCUT2D eigenvalue weighted by molar-refractivity contribution is -0.121. The number of carbonyl (C=O) groups excluding carboxylic acids is 1. The summed E-state index contributed by atoms with van der Waals surface area (Å²) in [6.07, 6.45) is 0. The molecule has 7 heteroatoms. The van der Waals surface area contributed by atoms with Crippen molar-refractivity contribution in [2.24, 2.45) is 5.41 Å². The number of anilines is 1. The molecule has 0 aromatic heterocycles. The molecule has 0 fully saturated rings. The van der Waals surface area contributed by atoms with E-state index in [1.807, 2.05) is 0 Å². The average Bonchev–Trinajstić information content (AvgIpc) is 2.49. The van der Waals surface area contributed by atoms with E-state index < -0.39 is 11.5 Å². The molecule has 22 heavy (non-hydrogen) atoms. The standard InChI is InChI=1S/C15H22Cl2N2O3/c1-10(19(3)7-15(2,8-20)9-21)14(22)18-13-6-11(16)4-5-12(13)17/h4-6,10,20-21H,7-9H2,1-3H3,(H,18,22). The van der Waals surface area contributed by atoms with Crippen molar-refractivity contribution in [2.75, 3.05) is 32.1 Å². The van der Waals surface area contributed by atoms with Gasteiger partial charge < -0.3 is 15.5 Å². The maximum absolute atomic E-state index is 12.3. The molecule has 5 nitrogen and oxygen atoms in total. The largest absolute Gasteiger partial charge is 0.396 e. The highest BCUT2D eigenvalue weighted by molar-refractivity contribution is 6.35. The zero-order valence-corrected chi connectivity index (χ0v) is 14.4. The van der Waals surface area contributed by atoms with Gasteiger partial charge in [-0.1, -0.05) is 30.1 Å². The summed E-state index contributed by atoms with van der Waals surface area (Å²) in [5.41, 5.74) is -0.219. The number of halogens is 2. The first-order valence-corrected chi connectivity index (χ1v) is 7.66. The van der Waals surface area contributed by atoms with Crippen molar-refractivity contribution >= 4 is 34.8 Å². The Morgan fingerprint density at radius 3 is 2.50 bits per heavy atom. The van der Waals surface area contributed by atoms with Gasteiger partial charge in [-0.05, 0) is 32.2 Å². The summed E-state index contributed by atoms with van der Waals surface area (Å²) < 4.78 is 0. The molecule has 1 aromatic rings. The highest BCUT2D eigenvalue weighted by atomic mass is 35.5. The molecular weight excluding hydrogens is 327 g/mol. The second-order valence-electron chi connectivity index (χ2n) is 5.83. The van der Waals surface area contributed by atoms with Crippen LogP contribution in [-0.2, 0) is 4.79 Å². The number of hydrogen-bond donors (Lipinski definition) is 3. The number of rotatable bonds is 7. The Morgan fingerprint density at radius 1 is 1.36 bits per heavy atom. The minimum Gasteiger partial charge on any atom is -0.396 e. The van der Waals surface area contributed by atoms with Gasteiger partial charge in [-0.15, -0.1) is 0 Å². The van der Waals surface area contributed by atoms with E-state index in [4.69, 9.17) is 23.2 Å². The van der Waals surface area contributed by atoms with Crippen molar-refractivity contribution in [3.05, 3.63) is 28.2 Å². The van der Waals surface area contributed by atoms with Crippen molar-refractivity contribution in [1.82, 2.24) is 4.90 Å². The number of nitrogens with zero attached hydrogens (tertiary/aromatic N) is 1. The first-order chi connectivity index (χ1) is 10.2. The van der Waals surface area contributed by atoms with Crippen LogP contribution in [0.15, 0.2) is 18.2 Å². The number of amides is 1. The fourth-order valence-corrected chi connectivity index (χ4v) is 2.26. The van der Waals surface area contributed by atoms with Gasteiger partial charge in [0.2, 0.25) is 5.91 Å². The Bertz CT molecular complexity index is 522. The zero-order chi connectivity index (χ0) is 16.9. The van der Waals surface area contributed by atoms with E-state index in [0.29, 0.717) is 22.3 Å². The fourth-order valence-electron chi connectivity index (χ4n) is 1.92. The summed E-state index contributed by atoms with van der Waals surface area (Å²) in [5.74, 6) is -0.245. The van der Waals surface area contributed by atoms with Crippen molar-refractivity contribution in [3.8, 4) is 0 Å². The molecule has 1 unspecified atom stereocenters. The van der Waals surface area contributed by atoms with Crippen molar-refractivity contribution in [1.29, 1.82) is 0 Å². The van der Waals surface area contributed by atoms with E-state index in [9.17, 15) is 15.0 Å². The van der Waals surface area contributed by atoms with E-state index in [0.717, 1.165) is 0 Å². The summed E-state index contributed by atoms with van der Waals surface area (Å²) in [7, 11) is 1.76. The van der Waals surface area contributed by atoms with E-state index in [2.05, 4.69) is 5.32 Å². The van der Waals surface area contributed by atoms with Gasteiger partial charge in [0.25, 0.3) is 0 Å². The summed E-state index contributed by atoms with van der Waals surface area (Å²) >= 11 is 11.9. The Balaban J connectivity index is 2.74. The maximum Gasteiger partial charge on any atom is 0.241 e. The van der Waals surface area contributed by atoms with Crippen LogP contribution in [0.2, 0.25) is 10.0 Å². The number of nitrogens with one attached hydrogen (secondary N) is 1. The lowest BCUT2D eigenvalue weighted by atomic mass is 9.92. The minimum atomic E-state index is -0.670. The molecule has 0 spiro atoms. The summed E-state index contributed by atoms with van der Waals surface area (Å²) in [6.45, 7) is 3.54. The predicted molar refractivity (Wildman–Crippen MR) is 89.5 cm³/mol. The van der Waals surface area contributed by atoms with Gasteiger partial charge in [0.1, 0.15) is 0 Å². The van der Waals surface area contributed by atoms with Crippen molar-refractivity contribution < 1.29 is 15.0 Å². The van der Waals surface area contributed by atoms with E-state index in [1.165, 1.54) is 0 Å². The van der Waals surface area contributed by atoms with Gasteiger partial charge in [-0.3, -0.25) is 9.69 Å². The molecule has 0 aliphatic heterocycles. The van der Waals surface area contributed by atoms with Crippen LogP contribution >= 0.6 is 23.2 Å². The van der Waals surface area contributed by atoms with E-state index >= 15 is 0 Å². The van der Waals surface area contributed by atoms with Crippen LogP contribution < -0.4 is 5.32 Å². The molecule has 1 atom stereocenters. The van der Waals surface area contributed by atoms with Gasteiger partial charge in [0.15, 0.2) is 0 Å². The van der Waals surface area contributed by atoms with Crippen LogP contribution in [0, 0.1) is 5.41 Å². The molecule has 1 rings (SSSR count). The third kappa shape index (κ3) is 5.11. The van der Waals surface area contributed by atoms with Gasteiger partial charge >= 0.3 is 0 Å². The first kappa shape index (κ1) is 19.2. The Hall–Kier alpha value is -0.850. The van der Waals surface area contributed by atoms with E-state index in [1.54, 1.807) is 44.0 Å². The predicted octanol–water partition coefficient (Wildman–Crippen LogP) is 2.24. The molecule has 0 bridgehead atoms. The van der Waals surface area contributed by atoms with Crippen molar-refractivity contribution in [3.63, 3.8) is 0 Å². The second-order valence-corrected chi connectivity index (χ2v) is 6.68. The number of carbonyl (C=O) groups is 1. The molecule has 0 saturated heterocycles. The van der Waals surface area contributed by atoms with Crippen LogP contribution in [0.25, 0.3) is 0 Å². The van der Waals surface area contributed by atoms with Crippen LogP contribution in [0.5, 0.6) is 0 Å². The summed E-state index contributed by atoms with van der Waals surface area (Å²) in [5, 5.41) is 22.3. The van der Waals surface area contributed by atoms with Gasteiger partial charge in [-0.25, -0.2) is 0 Å². The van der Waals surface area contributed by atoms with Crippen LogP contribution in [0.1, 0.15) is 13.8 Å². The van der Waals surface area contributed by atoms with E-state index in [-0.39, 0.29) is 19.1 Å². The highest BCUT2D eigenvalue weighted by Gasteiger charge is 2.28. The molecule has 1 aromatic carbocycles. The molecule has 0 heterocycles. The zero-order valence-electron chi connectivity index (χ0n) is 12.9. The molecule has 124 valence electrons. The highest BCUT2D eigenvalue weighted by Crippen LogP contribution is 2.26. The third-order valence-corrected chi connectivity index (χ3v) is 4.19. The normalized spacial score (nSPS) is 13.3. The van der Waals surface area contributed by atoms with Crippen LogP contribution in [-0.4, -0.2) is 53.9 Å². The Kier molecular flexibility index (Phi) is 7.09. The Labute approximate surface area is 140 Å². The molecule has 0 saturated carbocycles. The molecule has 1 amide bonds. The molecule has 3 N–H and O–H groups in total. The molecule has 0 radical (unpaired) electrons. The van der Waals surface area contributed by atoms with Crippen LogP contribution in [0.3, 0.4) is 0 Å². The fraction of sp³-hybridized carbons (Fsp3) is 0.533. The number of likely N-dealkylation sites (N-methyl/N-ethyl adjacent to an activating group) is 1. The minimum absolute atomic E-state index is 0.164. The topological polar surface area (TPSA) is 72.8 Å². The quantitative estimate of drug-likeness (QED) is 0.706. The SMILES string of the molecule is CC(C(=O)Nc1cc(Cl)ccc1Cl)N(C)CC(C)(CO)CO. The maximum atomic E-state index is 12.3. The van der Waals surface area contributed by atoms with Crippen molar-refractivity contribution in [2.45, 2.75) is 19.9 Å². The molecular formula is C15H22Cl2N2O3. The monoisotopic (exact) mass is 348 g/mol. The third-order valence-electron chi connectivity index (χ3n) is 3.62. The van der Waals surface area contributed by atoms with Gasteiger partial charge in [0.05, 0.1) is 30.0 Å². The lowest BCUT2D eigenvalue weighted by Gasteiger charge is -2.33. The summed E-state index contributed by atoms with van der Waals surface area (Å²) in [4.78, 5) is 14.1. The lowest BCUT2D eigenvalue weighted by Crippen LogP contribution is -2.46. The van der Waals surface area contributed by atoms with Gasteiger partial charge in [0, 0.05) is 17.0 Å². The summed E-state index contributed by atoms with van der Waals surface area (Å²) in [6, 6.07) is 4.37. The Morgan fingerprint density at radius 2 is 1.95 bits per heavy atom. The smallest absolute Gasteiger partial charge is 0.241 e. The first-order valence-electron chi connectivity index (χ1n) is 6.90. The van der Waals surface area contributed by atoms with Crippen LogP contribution in [0.4, 0.5) is 5.69 Å².